The third kappa shape index (κ3) is 3.65. The molecule has 5 aromatic rings. The molecule has 4 aromatic carbocycles. The maximum atomic E-state index is 4.75. The van der Waals surface area contributed by atoms with E-state index >= 15 is 0 Å². The Labute approximate surface area is 200 Å². The number of aromatic nitrogens is 1. The summed E-state index contributed by atoms with van der Waals surface area (Å²) in [7, 11) is 0. The summed E-state index contributed by atoms with van der Waals surface area (Å²) >= 11 is 0. The van der Waals surface area contributed by atoms with Gasteiger partial charge in [-0.1, -0.05) is 60.7 Å². The summed E-state index contributed by atoms with van der Waals surface area (Å²) in [6.45, 7) is 0.705. The molecule has 0 radical (unpaired) electrons. The third-order valence-electron chi connectivity index (χ3n) is 6.09. The van der Waals surface area contributed by atoms with E-state index in [-0.39, 0.29) is 0 Å². The van der Waals surface area contributed by atoms with Crippen LogP contribution in [0.1, 0.15) is 0 Å². The second-order valence-corrected chi connectivity index (χ2v) is 8.21. The lowest BCUT2D eigenvalue weighted by atomic mass is 10.1. The fourth-order valence-electron chi connectivity index (χ4n) is 4.53. The van der Waals surface area contributed by atoms with E-state index in [4.69, 9.17) is 4.98 Å². The van der Waals surface area contributed by atoms with E-state index in [2.05, 4.69) is 118 Å². The van der Waals surface area contributed by atoms with Gasteiger partial charge in [-0.15, -0.1) is 0 Å². The number of benzene rings is 4. The van der Waals surface area contributed by atoms with Crippen LogP contribution in [0.2, 0.25) is 0 Å². The van der Waals surface area contributed by atoms with Crippen molar-refractivity contribution in [3.05, 3.63) is 134 Å². The monoisotopic (exact) mass is 440 g/mol. The predicted octanol–water partition coefficient (Wildman–Crippen LogP) is 7.80. The smallest absolute Gasteiger partial charge is 0.158 e. The summed E-state index contributed by atoms with van der Waals surface area (Å²) < 4.78 is 0. The summed E-state index contributed by atoms with van der Waals surface area (Å²) in [6, 6.07) is 44.3. The van der Waals surface area contributed by atoms with Crippen molar-refractivity contribution in [2.45, 2.75) is 0 Å². The molecule has 0 aliphatic carbocycles. The Kier molecular flexibility index (Phi) is 5.17. The van der Waals surface area contributed by atoms with Gasteiger partial charge >= 0.3 is 0 Å². The van der Waals surface area contributed by atoms with Crippen LogP contribution in [-0.4, -0.2) is 11.7 Å². The largest absolute Gasteiger partial charge is 0.320 e. The van der Waals surface area contributed by atoms with Gasteiger partial charge in [0.25, 0.3) is 0 Å². The first-order valence-corrected chi connectivity index (χ1v) is 11.4. The van der Waals surface area contributed by atoms with Crippen molar-refractivity contribution in [1.82, 2.24) is 4.98 Å². The maximum absolute atomic E-state index is 4.75. The van der Waals surface area contributed by atoms with Crippen LogP contribution < -0.4 is 14.7 Å². The average molecular weight is 441 g/mol. The Bertz CT molecular complexity index is 1350. The van der Waals surface area contributed by atoms with Gasteiger partial charge < -0.3 is 14.7 Å². The van der Waals surface area contributed by atoms with Crippen molar-refractivity contribution in [3.8, 4) is 0 Å². The summed E-state index contributed by atoms with van der Waals surface area (Å²) in [5, 5.41) is 0. The lowest BCUT2D eigenvalue weighted by Gasteiger charge is -2.27. The number of para-hydroxylation sites is 3. The summed E-state index contributed by atoms with van der Waals surface area (Å²) in [5.41, 5.74) is 6.72. The molecule has 0 N–H and O–H groups in total. The lowest BCUT2D eigenvalue weighted by Crippen LogP contribution is -2.24. The Morgan fingerprint density at radius 3 is 1.79 bits per heavy atom. The van der Waals surface area contributed by atoms with Crippen molar-refractivity contribution < 1.29 is 0 Å². The summed E-state index contributed by atoms with van der Waals surface area (Å²) in [5.74, 6) is 0.967. The lowest BCUT2D eigenvalue weighted by molar-refractivity contribution is 0.981. The van der Waals surface area contributed by atoms with Crippen molar-refractivity contribution in [3.63, 3.8) is 0 Å². The molecule has 6 rings (SSSR count). The van der Waals surface area contributed by atoms with Gasteiger partial charge in [0.1, 0.15) is 6.67 Å². The van der Waals surface area contributed by atoms with Crippen LogP contribution >= 0.6 is 0 Å². The molecule has 0 fully saturated rings. The van der Waals surface area contributed by atoms with E-state index in [9.17, 15) is 0 Å². The second-order valence-electron chi connectivity index (χ2n) is 8.21. The quantitative estimate of drug-likeness (QED) is 0.278. The molecule has 0 amide bonds. The van der Waals surface area contributed by atoms with Crippen LogP contribution in [0.15, 0.2) is 134 Å². The summed E-state index contributed by atoms with van der Waals surface area (Å²) in [4.78, 5) is 11.6. The van der Waals surface area contributed by atoms with Gasteiger partial charge in [0.05, 0.1) is 5.69 Å². The Morgan fingerprint density at radius 1 is 0.529 bits per heavy atom. The van der Waals surface area contributed by atoms with Gasteiger partial charge in [-0.2, -0.15) is 0 Å². The highest BCUT2D eigenvalue weighted by atomic mass is 15.4. The molecule has 34 heavy (non-hydrogen) atoms. The first-order valence-electron chi connectivity index (χ1n) is 11.4. The van der Waals surface area contributed by atoms with Crippen LogP contribution in [-0.2, 0) is 0 Å². The number of rotatable bonds is 5. The molecule has 2 heterocycles. The van der Waals surface area contributed by atoms with Gasteiger partial charge in [0.2, 0.25) is 0 Å². The first kappa shape index (κ1) is 20.1. The van der Waals surface area contributed by atoms with E-state index in [1.807, 2.05) is 30.5 Å². The molecular weight excluding hydrogens is 416 g/mol. The minimum absolute atomic E-state index is 0.705. The molecular formula is C30H24N4. The molecule has 4 heteroatoms. The predicted molar refractivity (Wildman–Crippen MR) is 141 cm³/mol. The Hall–Kier alpha value is -4.57. The second kappa shape index (κ2) is 8.75. The standard InChI is InChI=1S/C30H24N4/c1-4-12-24(13-5-1)32-23-33(30-29(32)20-11-21-31-30)27-18-10-19-28(22-27)34(25-14-6-2-7-15-25)26-16-8-3-9-17-26/h1-22H,23H2. The number of anilines is 7. The van der Waals surface area contributed by atoms with Crippen molar-refractivity contribution in [1.29, 1.82) is 0 Å². The van der Waals surface area contributed by atoms with E-state index in [1.165, 1.54) is 0 Å². The molecule has 0 spiro atoms. The SMILES string of the molecule is c1ccc(N2CN(c3cccc(N(c4ccccc4)c4ccccc4)c3)c3ncccc32)cc1. The molecule has 0 saturated carbocycles. The zero-order valence-electron chi connectivity index (χ0n) is 18.7. The molecule has 0 unspecified atom stereocenters. The van der Waals surface area contributed by atoms with Gasteiger partial charge in [-0.05, 0) is 66.7 Å². The fourth-order valence-corrected chi connectivity index (χ4v) is 4.53. The number of nitrogens with zero attached hydrogens (tertiary/aromatic N) is 4. The molecule has 4 nitrogen and oxygen atoms in total. The molecule has 0 bridgehead atoms. The van der Waals surface area contributed by atoms with Crippen molar-refractivity contribution in [2.75, 3.05) is 21.4 Å². The van der Waals surface area contributed by atoms with Crippen LogP contribution in [0.4, 0.5) is 39.9 Å². The topological polar surface area (TPSA) is 22.6 Å². The minimum atomic E-state index is 0.705. The zero-order valence-corrected chi connectivity index (χ0v) is 18.7. The van der Waals surface area contributed by atoms with Crippen molar-refractivity contribution >= 4 is 39.9 Å². The highest BCUT2D eigenvalue weighted by Crippen LogP contribution is 2.44. The Balaban J connectivity index is 1.43. The van der Waals surface area contributed by atoms with Crippen LogP contribution in [0, 0.1) is 0 Å². The normalized spacial score (nSPS) is 12.5. The first-order chi connectivity index (χ1) is 16.9. The molecule has 164 valence electrons. The molecule has 0 saturated heterocycles. The van der Waals surface area contributed by atoms with E-state index in [0.29, 0.717) is 6.67 Å². The van der Waals surface area contributed by atoms with Crippen molar-refractivity contribution in [2.24, 2.45) is 0 Å². The highest BCUT2D eigenvalue weighted by Gasteiger charge is 2.29. The molecule has 1 aliphatic rings. The van der Waals surface area contributed by atoms with Gasteiger partial charge in [-0.3, -0.25) is 0 Å². The molecule has 0 atom stereocenters. The molecule has 1 aromatic heterocycles. The van der Waals surface area contributed by atoms with E-state index in [0.717, 1.165) is 39.9 Å². The number of pyridine rings is 1. The summed E-state index contributed by atoms with van der Waals surface area (Å²) in [6.07, 6.45) is 1.87. The Morgan fingerprint density at radius 2 is 1.12 bits per heavy atom. The van der Waals surface area contributed by atoms with Crippen LogP contribution in [0.25, 0.3) is 0 Å². The van der Waals surface area contributed by atoms with Gasteiger partial charge in [0.15, 0.2) is 5.82 Å². The number of fused-ring (bicyclic) bond motifs is 1. The van der Waals surface area contributed by atoms with Gasteiger partial charge in [0, 0.05) is 34.6 Å². The van der Waals surface area contributed by atoms with Crippen LogP contribution in [0.5, 0.6) is 0 Å². The van der Waals surface area contributed by atoms with E-state index in [1.54, 1.807) is 0 Å². The fraction of sp³-hybridized carbons (Fsp3) is 0.0333. The van der Waals surface area contributed by atoms with Gasteiger partial charge in [-0.25, -0.2) is 4.98 Å². The minimum Gasteiger partial charge on any atom is -0.320 e. The van der Waals surface area contributed by atoms with Crippen LogP contribution in [0.3, 0.4) is 0 Å². The number of hydrogen-bond donors (Lipinski definition) is 0. The third-order valence-corrected chi connectivity index (χ3v) is 6.09. The zero-order chi connectivity index (χ0) is 22.7. The highest BCUT2D eigenvalue weighted by molar-refractivity contribution is 5.86. The average Bonchev–Trinajstić information content (AvgIpc) is 3.31. The molecule has 1 aliphatic heterocycles. The maximum Gasteiger partial charge on any atom is 0.158 e. The number of hydrogen-bond acceptors (Lipinski definition) is 4. The van der Waals surface area contributed by atoms with E-state index < -0.39 is 0 Å².